The van der Waals surface area contributed by atoms with E-state index in [0.29, 0.717) is 0 Å². The molecule has 0 aromatic rings. The van der Waals surface area contributed by atoms with Crippen LogP contribution in [0.4, 0.5) is 0 Å². The molecule has 0 atom stereocenters. The van der Waals surface area contributed by atoms with Crippen LogP contribution in [-0.4, -0.2) is 54.8 Å². The highest BCUT2D eigenvalue weighted by Gasteiger charge is 2.26. The molecule has 0 radical (unpaired) electrons. The molecule has 2 nitrogen and oxygen atoms in total. The third kappa shape index (κ3) is 4.64. The van der Waals surface area contributed by atoms with Gasteiger partial charge < -0.3 is 9.80 Å². The van der Waals surface area contributed by atoms with Crippen LogP contribution in [0.5, 0.6) is 0 Å². The first-order valence-electron chi connectivity index (χ1n) is 6.94. The van der Waals surface area contributed by atoms with Gasteiger partial charge in [-0.05, 0) is 43.9 Å². The molecular weight excluding hydrogens is 216 g/mol. The van der Waals surface area contributed by atoms with E-state index >= 15 is 0 Å². The Morgan fingerprint density at radius 2 is 1.56 bits per heavy atom. The minimum absolute atomic E-state index is 1.05. The van der Waals surface area contributed by atoms with Crippen molar-refractivity contribution < 1.29 is 0 Å². The standard InChI is InChI=1S/C13H26N2S/c16-11-3-1-2-6-14-7-9-15(10-8-14)12-13-4-5-13/h13,16H,1-12H2. The molecule has 1 aliphatic heterocycles. The summed E-state index contributed by atoms with van der Waals surface area (Å²) in [4.78, 5) is 5.31. The highest BCUT2D eigenvalue weighted by atomic mass is 32.1. The third-order valence-electron chi connectivity index (χ3n) is 3.81. The lowest BCUT2D eigenvalue weighted by molar-refractivity contribution is 0.127. The average Bonchev–Trinajstić information content (AvgIpc) is 3.11. The summed E-state index contributed by atoms with van der Waals surface area (Å²) in [5, 5.41) is 0. The normalized spacial score (nSPS) is 23.8. The van der Waals surface area contributed by atoms with Crippen molar-refractivity contribution in [2.45, 2.75) is 32.1 Å². The molecule has 0 spiro atoms. The van der Waals surface area contributed by atoms with Crippen molar-refractivity contribution in [2.24, 2.45) is 5.92 Å². The molecule has 2 fully saturated rings. The SMILES string of the molecule is SCCCCCN1CCN(CC2CC2)CC1. The van der Waals surface area contributed by atoms with Crippen molar-refractivity contribution in [2.75, 3.05) is 45.0 Å². The first-order valence-corrected chi connectivity index (χ1v) is 7.57. The van der Waals surface area contributed by atoms with Crippen LogP contribution in [0, 0.1) is 5.92 Å². The van der Waals surface area contributed by atoms with Crippen LogP contribution in [-0.2, 0) is 0 Å². The predicted octanol–water partition coefficient (Wildman–Crippen LogP) is 2.11. The Hall–Kier alpha value is 0.270. The molecule has 0 unspecified atom stereocenters. The fraction of sp³-hybridized carbons (Fsp3) is 1.00. The van der Waals surface area contributed by atoms with E-state index in [0.717, 1.165) is 11.7 Å². The molecule has 1 heterocycles. The van der Waals surface area contributed by atoms with Crippen LogP contribution in [0.25, 0.3) is 0 Å². The first-order chi connectivity index (χ1) is 7.88. The van der Waals surface area contributed by atoms with Gasteiger partial charge in [0, 0.05) is 32.7 Å². The topological polar surface area (TPSA) is 6.48 Å². The van der Waals surface area contributed by atoms with Crippen molar-refractivity contribution >= 4 is 12.6 Å². The maximum atomic E-state index is 4.25. The third-order valence-corrected chi connectivity index (χ3v) is 4.13. The number of hydrogen-bond acceptors (Lipinski definition) is 3. The molecular formula is C13H26N2S. The van der Waals surface area contributed by atoms with Gasteiger partial charge in [-0.15, -0.1) is 0 Å². The molecule has 1 aliphatic carbocycles. The zero-order valence-corrected chi connectivity index (χ0v) is 11.3. The van der Waals surface area contributed by atoms with Gasteiger partial charge in [0.2, 0.25) is 0 Å². The van der Waals surface area contributed by atoms with E-state index in [1.165, 1.54) is 71.4 Å². The molecule has 0 N–H and O–H groups in total. The summed E-state index contributed by atoms with van der Waals surface area (Å²) in [7, 11) is 0. The zero-order valence-electron chi connectivity index (χ0n) is 10.4. The minimum Gasteiger partial charge on any atom is -0.301 e. The fourth-order valence-corrected chi connectivity index (χ4v) is 2.71. The van der Waals surface area contributed by atoms with E-state index in [1.807, 2.05) is 0 Å². The number of rotatable bonds is 7. The lowest BCUT2D eigenvalue weighted by Crippen LogP contribution is -2.47. The summed E-state index contributed by atoms with van der Waals surface area (Å²) in [6, 6.07) is 0. The van der Waals surface area contributed by atoms with Crippen LogP contribution in [0.2, 0.25) is 0 Å². The smallest absolute Gasteiger partial charge is 0.0110 e. The predicted molar refractivity (Wildman–Crippen MR) is 73.3 cm³/mol. The quantitative estimate of drug-likeness (QED) is 0.540. The Labute approximate surface area is 106 Å². The van der Waals surface area contributed by atoms with E-state index in [-0.39, 0.29) is 0 Å². The van der Waals surface area contributed by atoms with Crippen LogP contribution >= 0.6 is 12.6 Å². The van der Waals surface area contributed by atoms with Crippen molar-refractivity contribution in [3.8, 4) is 0 Å². The number of hydrogen-bond donors (Lipinski definition) is 1. The second-order valence-corrected chi connectivity index (χ2v) is 5.82. The second-order valence-electron chi connectivity index (χ2n) is 5.37. The van der Waals surface area contributed by atoms with Gasteiger partial charge in [-0.2, -0.15) is 12.6 Å². The van der Waals surface area contributed by atoms with Crippen molar-refractivity contribution in [3.63, 3.8) is 0 Å². The van der Waals surface area contributed by atoms with E-state index < -0.39 is 0 Å². The number of unbranched alkanes of at least 4 members (excludes halogenated alkanes) is 2. The summed E-state index contributed by atoms with van der Waals surface area (Å²) in [5.41, 5.74) is 0. The van der Waals surface area contributed by atoms with Crippen molar-refractivity contribution in [1.82, 2.24) is 9.80 Å². The number of piperazine rings is 1. The Morgan fingerprint density at radius 3 is 2.19 bits per heavy atom. The van der Waals surface area contributed by atoms with Gasteiger partial charge in [-0.25, -0.2) is 0 Å². The van der Waals surface area contributed by atoms with Crippen molar-refractivity contribution in [3.05, 3.63) is 0 Å². The van der Waals surface area contributed by atoms with E-state index in [9.17, 15) is 0 Å². The average molecular weight is 242 g/mol. The number of thiol groups is 1. The van der Waals surface area contributed by atoms with Crippen molar-refractivity contribution in [1.29, 1.82) is 0 Å². The molecule has 0 aromatic carbocycles. The molecule has 0 bridgehead atoms. The summed E-state index contributed by atoms with van der Waals surface area (Å²) in [5.74, 6) is 2.11. The Morgan fingerprint density at radius 1 is 0.875 bits per heavy atom. The summed E-state index contributed by atoms with van der Waals surface area (Å²) >= 11 is 4.25. The minimum atomic E-state index is 1.05. The molecule has 2 rings (SSSR count). The van der Waals surface area contributed by atoms with Crippen LogP contribution in [0.3, 0.4) is 0 Å². The maximum absolute atomic E-state index is 4.25. The van der Waals surface area contributed by atoms with Gasteiger partial charge in [0.1, 0.15) is 0 Å². The van der Waals surface area contributed by atoms with Gasteiger partial charge in [0.25, 0.3) is 0 Å². The summed E-state index contributed by atoms with van der Waals surface area (Å²) in [6.45, 7) is 7.91. The molecule has 0 aromatic heterocycles. The zero-order chi connectivity index (χ0) is 11.2. The lowest BCUT2D eigenvalue weighted by Gasteiger charge is -2.34. The molecule has 1 saturated heterocycles. The molecule has 1 saturated carbocycles. The Kier molecular flexibility index (Phi) is 5.46. The maximum Gasteiger partial charge on any atom is 0.0110 e. The highest BCUT2D eigenvalue weighted by molar-refractivity contribution is 7.80. The summed E-state index contributed by atoms with van der Waals surface area (Å²) in [6.07, 6.45) is 6.98. The molecule has 2 aliphatic rings. The second kappa shape index (κ2) is 6.87. The largest absolute Gasteiger partial charge is 0.301 e. The lowest BCUT2D eigenvalue weighted by atomic mass is 10.2. The molecule has 0 amide bonds. The van der Waals surface area contributed by atoms with Gasteiger partial charge in [-0.1, -0.05) is 6.42 Å². The highest BCUT2D eigenvalue weighted by Crippen LogP contribution is 2.29. The molecule has 16 heavy (non-hydrogen) atoms. The Balaban J connectivity index is 1.50. The van der Waals surface area contributed by atoms with Gasteiger partial charge >= 0.3 is 0 Å². The summed E-state index contributed by atoms with van der Waals surface area (Å²) < 4.78 is 0. The van der Waals surface area contributed by atoms with Crippen LogP contribution in [0.1, 0.15) is 32.1 Å². The fourth-order valence-electron chi connectivity index (χ4n) is 2.49. The molecule has 94 valence electrons. The van der Waals surface area contributed by atoms with Gasteiger partial charge in [-0.3, -0.25) is 0 Å². The van der Waals surface area contributed by atoms with E-state index in [2.05, 4.69) is 22.4 Å². The first kappa shape index (κ1) is 12.7. The van der Waals surface area contributed by atoms with Gasteiger partial charge in [0.15, 0.2) is 0 Å². The van der Waals surface area contributed by atoms with E-state index in [1.54, 1.807) is 0 Å². The number of nitrogens with zero attached hydrogens (tertiary/aromatic N) is 2. The van der Waals surface area contributed by atoms with E-state index in [4.69, 9.17) is 0 Å². The molecule has 3 heteroatoms. The Bertz CT molecular complexity index is 186. The van der Waals surface area contributed by atoms with Crippen LogP contribution in [0.15, 0.2) is 0 Å². The monoisotopic (exact) mass is 242 g/mol. The van der Waals surface area contributed by atoms with Gasteiger partial charge in [0.05, 0.1) is 0 Å². The van der Waals surface area contributed by atoms with Crippen LogP contribution < -0.4 is 0 Å².